The third-order valence-corrected chi connectivity index (χ3v) is 4.33. The van der Waals surface area contributed by atoms with Gasteiger partial charge in [-0.15, -0.1) is 10.2 Å². The second kappa shape index (κ2) is 7.79. The van der Waals surface area contributed by atoms with Crippen LogP contribution in [0.1, 0.15) is 31.6 Å². The smallest absolute Gasteiger partial charge is 0.277 e. The Bertz CT molecular complexity index is 403. The Kier molecular flexibility index (Phi) is 6.03. The van der Waals surface area contributed by atoms with Gasteiger partial charge in [-0.3, -0.25) is 4.79 Å². The Balaban J connectivity index is 1.78. The van der Waals surface area contributed by atoms with Crippen LogP contribution in [0.4, 0.5) is 0 Å². The monoisotopic (exact) mass is 301 g/mol. The maximum absolute atomic E-state index is 12.1. The summed E-state index contributed by atoms with van der Waals surface area (Å²) in [6, 6.07) is 0. The molecule has 0 aromatic carbocycles. The number of thioether (sulfide) groups is 2. The number of hydrogen-bond acceptors (Lipinski definition) is 6. The summed E-state index contributed by atoms with van der Waals surface area (Å²) in [5, 5.41) is 8.35. The van der Waals surface area contributed by atoms with Crippen molar-refractivity contribution in [2.45, 2.75) is 36.7 Å². The Hall–Kier alpha value is -0.690. The molecule has 1 fully saturated rings. The van der Waals surface area contributed by atoms with Gasteiger partial charge in [0.25, 0.3) is 5.22 Å². The van der Waals surface area contributed by atoms with Crippen molar-refractivity contribution in [3.05, 3.63) is 5.89 Å². The number of nitrogens with zero attached hydrogens (tertiary/aromatic N) is 3. The first kappa shape index (κ1) is 14.7. The van der Waals surface area contributed by atoms with E-state index in [0.29, 0.717) is 22.6 Å². The molecule has 1 saturated heterocycles. The predicted molar refractivity (Wildman–Crippen MR) is 77.3 cm³/mol. The van der Waals surface area contributed by atoms with Crippen molar-refractivity contribution < 1.29 is 9.21 Å². The molecule has 0 N–H and O–H groups in total. The molecule has 0 aliphatic carbocycles. The third kappa shape index (κ3) is 4.72. The van der Waals surface area contributed by atoms with E-state index < -0.39 is 0 Å². The first-order chi connectivity index (χ1) is 9.29. The van der Waals surface area contributed by atoms with Gasteiger partial charge in [0, 0.05) is 13.1 Å². The zero-order valence-electron chi connectivity index (χ0n) is 11.1. The number of carbonyl (C=O) groups excluding carboxylic acids is 1. The number of amides is 1. The maximum atomic E-state index is 12.1. The van der Waals surface area contributed by atoms with Crippen molar-refractivity contribution >= 4 is 29.4 Å². The molecule has 5 nitrogen and oxygen atoms in total. The van der Waals surface area contributed by atoms with Crippen LogP contribution in [0, 0.1) is 0 Å². The summed E-state index contributed by atoms with van der Waals surface area (Å²) in [4.78, 5) is 14.0. The van der Waals surface area contributed by atoms with Crippen LogP contribution in [0.2, 0.25) is 0 Å². The molecule has 19 heavy (non-hydrogen) atoms. The van der Waals surface area contributed by atoms with Crippen molar-refractivity contribution in [2.24, 2.45) is 0 Å². The van der Waals surface area contributed by atoms with Crippen LogP contribution in [-0.4, -0.2) is 46.1 Å². The number of likely N-dealkylation sites (tertiary alicyclic amines) is 1. The molecule has 1 aliphatic heterocycles. The summed E-state index contributed by atoms with van der Waals surface area (Å²) in [5.74, 6) is 1.91. The van der Waals surface area contributed by atoms with Crippen molar-refractivity contribution in [1.82, 2.24) is 15.1 Å². The second-order valence-electron chi connectivity index (χ2n) is 4.48. The number of hydrogen-bond donors (Lipinski definition) is 0. The minimum absolute atomic E-state index is 0.177. The molecule has 1 aromatic heterocycles. The SMILES string of the molecule is CSCc1nnc(SCC(=O)N2CCCCCC2)o1. The van der Waals surface area contributed by atoms with Gasteiger partial charge in [-0.2, -0.15) is 11.8 Å². The predicted octanol–water partition coefficient (Wildman–Crippen LogP) is 2.43. The molecular weight excluding hydrogens is 282 g/mol. The van der Waals surface area contributed by atoms with Crippen molar-refractivity contribution in [3.63, 3.8) is 0 Å². The fourth-order valence-corrected chi connectivity index (χ4v) is 3.06. The van der Waals surface area contributed by atoms with E-state index in [-0.39, 0.29) is 5.91 Å². The first-order valence-corrected chi connectivity index (χ1v) is 8.89. The maximum Gasteiger partial charge on any atom is 0.277 e. The van der Waals surface area contributed by atoms with Crippen molar-refractivity contribution in [2.75, 3.05) is 25.1 Å². The fourth-order valence-electron chi connectivity index (χ4n) is 2.01. The van der Waals surface area contributed by atoms with Crippen LogP contribution in [0.25, 0.3) is 0 Å². The van der Waals surface area contributed by atoms with Gasteiger partial charge in [-0.1, -0.05) is 24.6 Å². The molecule has 0 unspecified atom stereocenters. The van der Waals surface area contributed by atoms with Crippen LogP contribution in [0.5, 0.6) is 0 Å². The van der Waals surface area contributed by atoms with Crippen LogP contribution < -0.4 is 0 Å². The lowest BCUT2D eigenvalue weighted by atomic mass is 10.2. The molecule has 2 heterocycles. The van der Waals surface area contributed by atoms with E-state index >= 15 is 0 Å². The second-order valence-corrected chi connectivity index (χ2v) is 6.27. The van der Waals surface area contributed by atoms with E-state index in [9.17, 15) is 4.79 Å². The molecule has 0 bridgehead atoms. The van der Waals surface area contributed by atoms with Gasteiger partial charge < -0.3 is 9.32 Å². The van der Waals surface area contributed by atoms with Gasteiger partial charge in [-0.05, 0) is 19.1 Å². The number of carbonyl (C=O) groups is 1. The molecule has 1 aliphatic rings. The molecule has 0 radical (unpaired) electrons. The van der Waals surface area contributed by atoms with Crippen LogP contribution in [0.15, 0.2) is 9.64 Å². The fraction of sp³-hybridized carbons (Fsp3) is 0.750. The largest absolute Gasteiger partial charge is 0.415 e. The van der Waals surface area contributed by atoms with Gasteiger partial charge in [0.1, 0.15) is 0 Å². The highest BCUT2D eigenvalue weighted by atomic mass is 32.2. The van der Waals surface area contributed by atoms with E-state index in [4.69, 9.17) is 4.42 Å². The molecule has 0 atom stereocenters. The average Bonchev–Trinajstić information content (AvgIpc) is 2.69. The van der Waals surface area contributed by atoms with Crippen molar-refractivity contribution in [3.8, 4) is 0 Å². The minimum Gasteiger partial charge on any atom is -0.415 e. The molecule has 1 amide bonds. The van der Waals surface area contributed by atoms with Gasteiger partial charge in [0.05, 0.1) is 11.5 Å². The average molecular weight is 301 g/mol. The van der Waals surface area contributed by atoms with Crippen LogP contribution in [-0.2, 0) is 10.5 Å². The Morgan fingerprint density at radius 3 is 2.68 bits per heavy atom. The van der Waals surface area contributed by atoms with E-state index in [2.05, 4.69) is 10.2 Å². The lowest BCUT2D eigenvalue weighted by Gasteiger charge is -2.19. The molecule has 0 saturated carbocycles. The molecule has 0 spiro atoms. The molecule has 1 aromatic rings. The highest BCUT2D eigenvalue weighted by molar-refractivity contribution is 7.99. The summed E-state index contributed by atoms with van der Waals surface area (Å²) in [6.45, 7) is 1.78. The molecule has 2 rings (SSSR count). The van der Waals surface area contributed by atoms with Crippen LogP contribution >= 0.6 is 23.5 Å². The lowest BCUT2D eigenvalue weighted by molar-refractivity contribution is -0.128. The normalized spacial score (nSPS) is 16.4. The molecular formula is C12H19N3O2S2. The first-order valence-electron chi connectivity index (χ1n) is 6.51. The van der Waals surface area contributed by atoms with Gasteiger partial charge >= 0.3 is 0 Å². The topological polar surface area (TPSA) is 59.2 Å². The zero-order valence-corrected chi connectivity index (χ0v) is 12.8. The number of rotatable bonds is 5. The summed E-state index contributed by atoms with van der Waals surface area (Å²) in [7, 11) is 0. The summed E-state index contributed by atoms with van der Waals surface area (Å²) in [5.41, 5.74) is 0. The number of aromatic nitrogens is 2. The summed E-state index contributed by atoms with van der Waals surface area (Å²) in [6.07, 6.45) is 6.70. The Morgan fingerprint density at radius 1 is 1.26 bits per heavy atom. The molecule has 7 heteroatoms. The van der Waals surface area contributed by atoms with Gasteiger partial charge in [0.15, 0.2) is 0 Å². The highest BCUT2D eigenvalue weighted by Gasteiger charge is 2.17. The van der Waals surface area contributed by atoms with E-state index in [0.717, 1.165) is 25.9 Å². The van der Waals surface area contributed by atoms with Crippen molar-refractivity contribution in [1.29, 1.82) is 0 Å². The van der Waals surface area contributed by atoms with E-state index in [1.165, 1.54) is 24.6 Å². The quantitative estimate of drug-likeness (QED) is 0.779. The minimum atomic E-state index is 0.177. The lowest BCUT2D eigenvalue weighted by Crippen LogP contribution is -2.33. The highest BCUT2D eigenvalue weighted by Crippen LogP contribution is 2.19. The third-order valence-electron chi connectivity index (χ3n) is 2.99. The zero-order chi connectivity index (χ0) is 13.5. The van der Waals surface area contributed by atoms with E-state index in [1.807, 2.05) is 11.2 Å². The Morgan fingerprint density at radius 2 is 2.00 bits per heavy atom. The standard InChI is InChI=1S/C12H19N3O2S2/c1-18-8-10-13-14-12(17-10)19-9-11(16)15-6-4-2-3-5-7-15/h2-9H2,1H3. The summed E-state index contributed by atoms with van der Waals surface area (Å²) < 4.78 is 5.44. The molecule has 106 valence electrons. The summed E-state index contributed by atoms with van der Waals surface area (Å²) >= 11 is 2.97. The van der Waals surface area contributed by atoms with Crippen LogP contribution in [0.3, 0.4) is 0 Å². The Labute approximate surface area is 121 Å². The van der Waals surface area contributed by atoms with Gasteiger partial charge in [-0.25, -0.2) is 0 Å². The van der Waals surface area contributed by atoms with Gasteiger partial charge in [0.2, 0.25) is 11.8 Å². The van der Waals surface area contributed by atoms with E-state index in [1.54, 1.807) is 11.8 Å².